The van der Waals surface area contributed by atoms with Crippen LogP contribution in [0.2, 0.25) is 0 Å². The number of fused-ring (bicyclic) bond motifs is 1. The molecular formula is C19H29N5. The Morgan fingerprint density at radius 2 is 1.96 bits per heavy atom. The molecule has 0 unspecified atom stereocenters. The van der Waals surface area contributed by atoms with E-state index in [-0.39, 0.29) is 5.41 Å². The Bertz CT molecular complexity index is 670. The summed E-state index contributed by atoms with van der Waals surface area (Å²) in [6, 6.07) is 9.23. The molecule has 130 valence electrons. The van der Waals surface area contributed by atoms with Crippen molar-refractivity contribution >= 4 is 0 Å². The van der Waals surface area contributed by atoms with Gasteiger partial charge in [0.1, 0.15) is 12.2 Å². The number of hydrogen-bond acceptors (Lipinski definition) is 4. The van der Waals surface area contributed by atoms with E-state index in [0.717, 1.165) is 38.4 Å². The Balaban J connectivity index is 1.64. The highest BCUT2D eigenvalue weighted by Crippen LogP contribution is 2.24. The predicted molar refractivity (Wildman–Crippen MR) is 96.5 cm³/mol. The second-order valence-corrected chi connectivity index (χ2v) is 7.85. The van der Waals surface area contributed by atoms with Gasteiger partial charge in [-0.05, 0) is 23.0 Å². The quantitative estimate of drug-likeness (QED) is 0.916. The number of rotatable bonds is 5. The standard InChI is InChI=1S/C19H29N5/c1-19(2,3)17(20-11-18-21-14-22-23(18)4)13-24-10-9-15-7-5-6-8-16(15)12-24/h5-8,14,17,20H,9-13H2,1-4H3/t17-/m0/s1. The largest absolute Gasteiger partial charge is 0.305 e. The summed E-state index contributed by atoms with van der Waals surface area (Å²) in [6.45, 7) is 10.9. The van der Waals surface area contributed by atoms with Gasteiger partial charge in [-0.3, -0.25) is 9.58 Å². The number of aromatic nitrogens is 3. The molecule has 1 atom stereocenters. The first kappa shape index (κ1) is 17.1. The van der Waals surface area contributed by atoms with Gasteiger partial charge in [-0.1, -0.05) is 45.0 Å². The van der Waals surface area contributed by atoms with Crippen LogP contribution in [-0.2, 0) is 26.6 Å². The molecular weight excluding hydrogens is 298 g/mol. The van der Waals surface area contributed by atoms with E-state index in [9.17, 15) is 0 Å². The molecule has 0 radical (unpaired) electrons. The molecule has 0 spiro atoms. The number of nitrogens with one attached hydrogen (secondary N) is 1. The number of nitrogens with zero attached hydrogens (tertiary/aromatic N) is 4. The molecule has 24 heavy (non-hydrogen) atoms. The van der Waals surface area contributed by atoms with E-state index in [1.165, 1.54) is 11.1 Å². The summed E-state index contributed by atoms with van der Waals surface area (Å²) in [6.07, 6.45) is 2.76. The van der Waals surface area contributed by atoms with Crippen LogP contribution in [0, 0.1) is 5.41 Å². The zero-order valence-electron chi connectivity index (χ0n) is 15.3. The lowest BCUT2D eigenvalue weighted by Gasteiger charge is -2.38. The lowest BCUT2D eigenvalue weighted by molar-refractivity contribution is 0.160. The Morgan fingerprint density at radius 3 is 2.62 bits per heavy atom. The summed E-state index contributed by atoms with van der Waals surface area (Å²) >= 11 is 0. The summed E-state index contributed by atoms with van der Waals surface area (Å²) in [4.78, 5) is 6.89. The van der Waals surface area contributed by atoms with E-state index in [2.05, 4.69) is 65.3 Å². The van der Waals surface area contributed by atoms with Gasteiger partial charge >= 0.3 is 0 Å². The van der Waals surface area contributed by atoms with Crippen LogP contribution in [0.3, 0.4) is 0 Å². The first-order valence-electron chi connectivity index (χ1n) is 8.79. The third kappa shape index (κ3) is 4.02. The van der Waals surface area contributed by atoms with Gasteiger partial charge in [-0.25, -0.2) is 4.98 Å². The van der Waals surface area contributed by atoms with E-state index < -0.39 is 0 Å². The lowest BCUT2D eigenvalue weighted by Crippen LogP contribution is -2.49. The van der Waals surface area contributed by atoms with E-state index in [1.807, 2.05) is 11.7 Å². The topological polar surface area (TPSA) is 46.0 Å². The van der Waals surface area contributed by atoms with E-state index in [4.69, 9.17) is 0 Å². The van der Waals surface area contributed by atoms with Gasteiger partial charge in [0.05, 0.1) is 6.54 Å². The molecule has 1 aromatic heterocycles. The van der Waals surface area contributed by atoms with Crippen LogP contribution < -0.4 is 5.32 Å². The molecule has 2 heterocycles. The Kier molecular flexibility index (Phi) is 5.01. The third-order valence-electron chi connectivity index (χ3n) is 5.01. The van der Waals surface area contributed by atoms with Gasteiger partial charge in [0.2, 0.25) is 0 Å². The first-order chi connectivity index (χ1) is 11.4. The zero-order chi connectivity index (χ0) is 17.2. The predicted octanol–water partition coefficient (Wildman–Crippen LogP) is 2.38. The van der Waals surface area contributed by atoms with Gasteiger partial charge < -0.3 is 5.32 Å². The summed E-state index contributed by atoms with van der Waals surface area (Å²) < 4.78 is 1.84. The molecule has 0 fully saturated rings. The number of hydrogen-bond donors (Lipinski definition) is 1. The van der Waals surface area contributed by atoms with Gasteiger partial charge in [-0.15, -0.1) is 0 Å². The molecule has 2 aromatic rings. The number of aryl methyl sites for hydroxylation is 1. The van der Waals surface area contributed by atoms with Crippen molar-refractivity contribution in [3.05, 3.63) is 47.5 Å². The fourth-order valence-electron chi connectivity index (χ4n) is 3.31. The fraction of sp³-hybridized carbons (Fsp3) is 0.579. The molecule has 3 rings (SSSR count). The van der Waals surface area contributed by atoms with Crippen molar-refractivity contribution in [2.45, 2.75) is 46.3 Å². The van der Waals surface area contributed by atoms with Crippen LogP contribution >= 0.6 is 0 Å². The zero-order valence-corrected chi connectivity index (χ0v) is 15.3. The normalized spacial score (nSPS) is 16.8. The fourth-order valence-corrected chi connectivity index (χ4v) is 3.31. The molecule has 5 nitrogen and oxygen atoms in total. The minimum atomic E-state index is 0.190. The molecule has 0 saturated carbocycles. The van der Waals surface area contributed by atoms with Crippen LogP contribution in [0.15, 0.2) is 30.6 Å². The smallest absolute Gasteiger partial charge is 0.140 e. The van der Waals surface area contributed by atoms with Crippen molar-refractivity contribution < 1.29 is 0 Å². The Morgan fingerprint density at radius 1 is 1.21 bits per heavy atom. The van der Waals surface area contributed by atoms with Gasteiger partial charge in [0.25, 0.3) is 0 Å². The van der Waals surface area contributed by atoms with Crippen molar-refractivity contribution in [2.24, 2.45) is 12.5 Å². The maximum Gasteiger partial charge on any atom is 0.140 e. The highest BCUT2D eigenvalue weighted by Gasteiger charge is 2.28. The molecule has 1 aliphatic rings. The van der Waals surface area contributed by atoms with E-state index in [0.29, 0.717) is 6.04 Å². The maximum absolute atomic E-state index is 4.32. The minimum Gasteiger partial charge on any atom is -0.305 e. The van der Waals surface area contributed by atoms with Crippen molar-refractivity contribution in [1.82, 2.24) is 25.0 Å². The SMILES string of the molecule is Cn1ncnc1CN[C@@H](CN1CCc2ccccc2C1)C(C)(C)C. The summed E-state index contributed by atoms with van der Waals surface area (Å²) in [5.41, 5.74) is 3.17. The van der Waals surface area contributed by atoms with Crippen molar-refractivity contribution in [2.75, 3.05) is 13.1 Å². The first-order valence-corrected chi connectivity index (χ1v) is 8.79. The van der Waals surface area contributed by atoms with E-state index >= 15 is 0 Å². The maximum atomic E-state index is 4.32. The summed E-state index contributed by atoms with van der Waals surface area (Å²) in [5, 5.41) is 7.86. The van der Waals surface area contributed by atoms with Crippen LogP contribution in [0.5, 0.6) is 0 Å². The molecule has 5 heteroatoms. The summed E-state index contributed by atoms with van der Waals surface area (Å²) in [7, 11) is 1.94. The van der Waals surface area contributed by atoms with Gasteiger partial charge in [0.15, 0.2) is 0 Å². The minimum absolute atomic E-state index is 0.190. The average molecular weight is 327 g/mol. The van der Waals surface area contributed by atoms with Gasteiger partial charge in [-0.2, -0.15) is 5.10 Å². The van der Waals surface area contributed by atoms with Crippen molar-refractivity contribution in [3.8, 4) is 0 Å². The van der Waals surface area contributed by atoms with Crippen molar-refractivity contribution in [1.29, 1.82) is 0 Å². The molecule has 0 amide bonds. The monoisotopic (exact) mass is 327 g/mol. The lowest BCUT2D eigenvalue weighted by atomic mass is 9.85. The second kappa shape index (κ2) is 7.03. The molecule has 1 N–H and O–H groups in total. The molecule has 0 saturated heterocycles. The summed E-state index contributed by atoms with van der Waals surface area (Å²) in [5.74, 6) is 0.980. The van der Waals surface area contributed by atoms with Crippen LogP contribution in [0.4, 0.5) is 0 Å². The van der Waals surface area contributed by atoms with Crippen LogP contribution in [0.1, 0.15) is 37.7 Å². The Labute approximate surface area is 145 Å². The van der Waals surface area contributed by atoms with Gasteiger partial charge in [0, 0.05) is 32.7 Å². The van der Waals surface area contributed by atoms with Crippen LogP contribution in [0.25, 0.3) is 0 Å². The van der Waals surface area contributed by atoms with Crippen LogP contribution in [-0.4, -0.2) is 38.8 Å². The number of benzene rings is 1. The average Bonchev–Trinajstić information content (AvgIpc) is 2.95. The third-order valence-corrected chi connectivity index (χ3v) is 5.01. The highest BCUT2D eigenvalue weighted by atomic mass is 15.3. The molecule has 1 aromatic carbocycles. The van der Waals surface area contributed by atoms with Crippen molar-refractivity contribution in [3.63, 3.8) is 0 Å². The highest BCUT2D eigenvalue weighted by molar-refractivity contribution is 5.29. The Hall–Kier alpha value is -1.72. The molecule has 1 aliphatic heterocycles. The van der Waals surface area contributed by atoms with E-state index in [1.54, 1.807) is 6.33 Å². The second-order valence-electron chi connectivity index (χ2n) is 7.85. The molecule has 0 aliphatic carbocycles. The molecule has 0 bridgehead atoms.